The van der Waals surface area contributed by atoms with Gasteiger partial charge in [-0.05, 0) is 76.3 Å². The maximum atomic E-state index is 13.3. The summed E-state index contributed by atoms with van der Waals surface area (Å²) >= 11 is 0. The zero-order valence-corrected chi connectivity index (χ0v) is 26.2. The molecule has 0 radical (unpaired) electrons. The highest BCUT2D eigenvalue weighted by molar-refractivity contribution is 6.06. The summed E-state index contributed by atoms with van der Waals surface area (Å²) < 4.78 is 54.4. The third kappa shape index (κ3) is 9.52. The van der Waals surface area contributed by atoms with Crippen LogP contribution in [-0.2, 0) is 22.4 Å². The van der Waals surface area contributed by atoms with Crippen molar-refractivity contribution in [3.8, 4) is 11.5 Å². The molecule has 44 heavy (non-hydrogen) atoms. The van der Waals surface area contributed by atoms with E-state index in [1.165, 1.54) is 30.1 Å². The first kappa shape index (κ1) is 34.5. The van der Waals surface area contributed by atoms with Crippen LogP contribution in [0.25, 0.3) is 0 Å². The molecule has 3 amide bonds. The maximum Gasteiger partial charge on any atom is 0.422 e. The van der Waals surface area contributed by atoms with Crippen LogP contribution in [0, 0.1) is 0 Å². The number of amides is 3. The van der Waals surface area contributed by atoms with Crippen LogP contribution in [0.2, 0.25) is 0 Å². The summed E-state index contributed by atoms with van der Waals surface area (Å²) in [4.78, 5) is 42.2. The Hall–Kier alpha value is -3.96. The molecule has 0 unspecified atom stereocenters. The standard InChI is InChI=1S/C32H42F3N3O6/c1-7-10-27(39)38-14-13-23-18-22(19-24(28(23)38)29(40)36-6)17-21(2)37(30(41)44-31(3,4)5)15-16-42-25-11-8-9-12-26(25)43-20-32(33,34)35/h8-9,11-12,18-19,21H,7,10,13-17,20H2,1-6H3,(H,36,40)/t21-/m1/s1. The van der Waals surface area contributed by atoms with Gasteiger partial charge in [-0.1, -0.05) is 25.1 Å². The normalized spacial score (nSPS) is 13.6. The molecule has 0 aliphatic carbocycles. The van der Waals surface area contributed by atoms with Gasteiger partial charge in [0.1, 0.15) is 12.2 Å². The largest absolute Gasteiger partial charge is 0.488 e. The number of nitrogens with one attached hydrogen (secondary N) is 1. The molecular formula is C32H42F3N3O6. The number of ether oxygens (including phenoxy) is 3. The second kappa shape index (κ2) is 14.7. The summed E-state index contributed by atoms with van der Waals surface area (Å²) in [6.45, 7) is 8.08. The van der Waals surface area contributed by atoms with Crippen LogP contribution in [0.15, 0.2) is 36.4 Å². The highest BCUT2D eigenvalue weighted by atomic mass is 19.4. The highest BCUT2D eigenvalue weighted by Gasteiger charge is 2.32. The number of carbonyl (C=O) groups is 3. The van der Waals surface area contributed by atoms with Crippen molar-refractivity contribution in [2.75, 3.05) is 38.3 Å². The van der Waals surface area contributed by atoms with Gasteiger partial charge in [0.05, 0.1) is 17.8 Å². The Morgan fingerprint density at radius 2 is 1.73 bits per heavy atom. The van der Waals surface area contributed by atoms with Gasteiger partial charge in [0.15, 0.2) is 18.1 Å². The molecule has 1 N–H and O–H groups in total. The van der Waals surface area contributed by atoms with Crippen molar-refractivity contribution in [2.45, 2.75) is 78.1 Å². The summed E-state index contributed by atoms with van der Waals surface area (Å²) in [6, 6.07) is 9.32. The number of rotatable bonds is 12. The quantitative estimate of drug-likeness (QED) is 0.316. The number of para-hydroxylation sites is 2. The van der Waals surface area contributed by atoms with Gasteiger partial charge in [0.2, 0.25) is 5.91 Å². The Labute approximate surface area is 256 Å². The first-order chi connectivity index (χ1) is 20.6. The summed E-state index contributed by atoms with van der Waals surface area (Å²) in [5.74, 6) is -0.285. The molecule has 0 spiro atoms. The second-order valence-corrected chi connectivity index (χ2v) is 11.7. The lowest BCUT2D eigenvalue weighted by atomic mass is 9.97. The van der Waals surface area contributed by atoms with E-state index in [1.807, 2.05) is 19.9 Å². The summed E-state index contributed by atoms with van der Waals surface area (Å²) in [7, 11) is 1.54. The number of carbonyl (C=O) groups excluding carboxylic acids is 3. The average Bonchev–Trinajstić information content (AvgIpc) is 3.36. The topological polar surface area (TPSA) is 97.4 Å². The summed E-state index contributed by atoms with van der Waals surface area (Å²) in [5.41, 5.74) is 1.95. The van der Waals surface area contributed by atoms with Gasteiger partial charge in [0, 0.05) is 26.1 Å². The lowest BCUT2D eigenvalue weighted by Gasteiger charge is -2.32. The van der Waals surface area contributed by atoms with Crippen molar-refractivity contribution in [2.24, 2.45) is 0 Å². The number of halogens is 3. The van der Waals surface area contributed by atoms with Gasteiger partial charge in [-0.15, -0.1) is 0 Å². The zero-order valence-electron chi connectivity index (χ0n) is 26.2. The number of nitrogens with zero attached hydrogens (tertiary/aromatic N) is 2. The monoisotopic (exact) mass is 621 g/mol. The van der Waals surface area contributed by atoms with E-state index in [0.717, 1.165) is 11.1 Å². The smallest absolute Gasteiger partial charge is 0.422 e. The third-order valence-electron chi connectivity index (χ3n) is 6.88. The number of anilines is 1. The average molecular weight is 622 g/mol. The van der Waals surface area contributed by atoms with Crippen molar-refractivity contribution in [3.05, 3.63) is 53.1 Å². The molecule has 0 bridgehead atoms. The number of hydrogen-bond acceptors (Lipinski definition) is 6. The molecule has 0 saturated carbocycles. The molecule has 2 aromatic carbocycles. The molecule has 0 fully saturated rings. The molecule has 1 heterocycles. The van der Waals surface area contributed by atoms with Gasteiger partial charge in [-0.25, -0.2) is 4.79 Å². The highest BCUT2D eigenvalue weighted by Crippen LogP contribution is 2.35. The van der Waals surface area contributed by atoms with E-state index in [4.69, 9.17) is 14.2 Å². The minimum Gasteiger partial charge on any atom is -0.488 e. The Morgan fingerprint density at radius 3 is 2.32 bits per heavy atom. The van der Waals surface area contributed by atoms with E-state index in [0.29, 0.717) is 43.5 Å². The molecule has 3 rings (SSSR count). The SMILES string of the molecule is CCCC(=O)N1CCc2cc(C[C@@H](C)N(CCOc3ccccc3OCC(F)(F)F)C(=O)OC(C)(C)C)cc(C(=O)NC)c21. The maximum absolute atomic E-state index is 13.3. The van der Waals surface area contributed by atoms with Crippen molar-refractivity contribution in [1.82, 2.24) is 10.2 Å². The van der Waals surface area contributed by atoms with E-state index in [-0.39, 0.29) is 36.5 Å². The fourth-order valence-corrected chi connectivity index (χ4v) is 5.00. The summed E-state index contributed by atoms with van der Waals surface area (Å²) in [6.07, 6.45) is -3.03. The lowest BCUT2D eigenvalue weighted by molar-refractivity contribution is -0.153. The molecule has 9 nitrogen and oxygen atoms in total. The second-order valence-electron chi connectivity index (χ2n) is 11.7. The van der Waals surface area contributed by atoms with Crippen LogP contribution in [0.1, 0.15) is 68.9 Å². The van der Waals surface area contributed by atoms with Crippen molar-refractivity contribution in [3.63, 3.8) is 0 Å². The van der Waals surface area contributed by atoms with Gasteiger partial charge >= 0.3 is 12.3 Å². The molecule has 1 atom stereocenters. The van der Waals surface area contributed by atoms with E-state index >= 15 is 0 Å². The van der Waals surface area contributed by atoms with E-state index < -0.39 is 30.5 Å². The molecular weight excluding hydrogens is 579 g/mol. The molecule has 1 aliphatic rings. The number of benzene rings is 2. The molecule has 1 aliphatic heterocycles. The van der Waals surface area contributed by atoms with Gasteiger partial charge in [-0.2, -0.15) is 13.2 Å². The van der Waals surface area contributed by atoms with Crippen LogP contribution in [0.5, 0.6) is 11.5 Å². The minimum atomic E-state index is -4.51. The molecule has 242 valence electrons. The first-order valence-corrected chi connectivity index (χ1v) is 14.7. The third-order valence-corrected chi connectivity index (χ3v) is 6.88. The predicted octanol–water partition coefficient (Wildman–Crippen LogP) is 5.92. The van der Waals surface area contributed by atoms with Crippen LogP contribution < -0.4 is 19.7 Å². The lowest BCUT2D eigenvalue weighted by Crippen LogP contribution is -2.45. The Morgan fingerprint density at radius 1 is 1.07 bits per heavy atom. The zero-order chi connectivity index (χ0) is 32.7. The molecule has 2 aromatic rings. The van der Waals surface area contributed by atoms with Crippen LogP contribution >= 0.6 is 0 Å². The van der Waals surface area contributed by atoms with E-state index in [1.54, 1.807) is 37.8 Å². The molecule has 0 saturated heterocycles. The van der Waals surface area contributed by atoms with Crippen molar-refractivity contribution < 1.29 is 41.8 Å². The fourth-order valence-electron chi connectivity index (χ4n) is 5.00. The summed E-state index contributed by atoms with van der Waals surface area (Å²) in [5, 5.41) is 2.66. The van der Waals surface area contributed by atoms with E-state index in [2.05, 4.69) is 5.32 Å². The molecule has 0 aromatic heterocycles. The number of hydrogen-bond donors (Lipinski definition) is 1. The van der Waals surface area contributed by atoms with Crippen LogP contribution in [0.3, 0.4) is 0 Å². The van der Waals surface area contributed by atoms with Gasteiger partial charge < -0.3 is 29.3 Å². The number of alkyl halides is 3. The van der Waals surface area contributed by atoms with Gasteiger partial charge in [0.25, 0.3) is 5.91 Å². The van der Waals surface area contributed by atoms with Crippen molar-refractivity contribution in [1.29, 1.82) is 0 Å². The van der Waals surface area contributed by atoms with Crippen molar-refractivity contribution >= 4 is 23.6 Å². The van der Waals surface area contributed by atoms with E-state index in [9.17, 15) is 27.6 Å². The number of fused-ring (bicyclic) bond motifs is 1. The van der Waals surface area contributed by atoms with Crippen LogP contribution in [0.4, 0.5) is 23.7 Å². The minimum absolute atomic E-state index is 0.0287. The first-order valence-electron chi connectivity index (χ1n) is 14.7. The predicted molar refractivity (Wildman–Crippen MR) is 160 cm³/mol. The van der Waals surface area contributed by atoms with Crippen LogP contribution in [-0.4, -0.2) is 74.0 Å². The Kier molecular flexibility index (Phi) is 11.5. The Balaban J connectivity index is 1.82. The Bertz CT molecular complexity index is 1330. The fraction of sp³-hybridized carbons (Fsp3) is 0.531. The van der Waals surface area contributed by atoms with Gasteiger partial charge in [-0.3, -0.25) is 9.59 Å². The molecule has 12 heteroatoms.